The molecule has 0 bridgehead atoms. The van der Waals surface area contributed by atoms with Crippen molar-refractivity contribution in [3.63, 3.8) is 0 Å². The Labute approximate surface area is 116 Å². The molecule has 17 heavy (non-hydrogen) atoms. The Bertz CT molecular complexity index is 590. The van der Waals surface area contributed by atoms with Crippen LogP contribution in [-0.2, 0) is 5.41 Å². The van der Waals surface area contributed by atoms with Crippen LogP contribution in [0.25, 0.3) is 10.6 Å². The lowest BCUT2D eigenvalue weighted by atomic mass is 9.70. The van der Waals surface area contributed by atoms with E-state index in [1.807, 2.05) is 6.07 Å². The highest BCUT2D eigenvalue weighted by Gasteiger charge is 2.41. The fraction of sp³-hybridized carbons (Fsp3) is 0.333. The van der Waals surface area contributed by atoms with E-state index in [4.69, 9.17) is 0 Å². The van der Waals surface area contributed by atoms with Gasteiger partial charge in [0.2, 0.25) is 0 Å². The van der Waals surface area contributed by atoms with Crippen molar-refractivity contribution < 1.29 is 0 Å². The lowest BCUT2D eigenvalue weighted by Crippen LogP contribution is -2.32. The second-order valence-electron chi connectivity index (χ2n) is 4.19. The van der Waals surface area contributed by atoms with Crippen LogP contribution in [0.2, 0.25) is 0 Å². The highest BCUT2D eigenvalue weighted by molar-refractivity contribution is 9.11. The molecular formula is C12H9BrN2S2. The highest BCUT2D eigenvalue weighted by Crippen LogP contribution is 2.45. The number of thiophene rings is 1. The van der Waals surface area contributed by atoms with Gasteiger partial charge < -0.3 is 0 Å². The van der Waals surface area contributed by atoms with Gasteiger partial charge in [0, 0.05) is 5.38 Å². The van der Waals surface area contributed by atoms with Crippen molar-refractivity contribution in [2.75, 3.05) is 0 Å². The predicted molar refractivity (Wildman–Crippen MR) is 74.3 cm³/mol. The third kappa shape index (κ3) is 1.85. The Morgan fingerprint density at radius 3 is 2.76 bits per heavy atom. The van der Waals surface area contributed by atoms with Crippen LogP contribution in [0.5, 0.6) is 0 Å². The van der Waals surface area contributed by atoms with E-state index in [1.54, 1.807) is 22.7 Å². The van der Waals surface area contributed by atoms with E-state index in [0.29, 0.717) is 0 Å². The van der Waals surface area contributed by atoms with Gasteiger partial charge in [-0.3, -0.25) is 0 Å². The van der Waals surface area contributed by atoms with Crippen molar-refractivity contribution in [3.8, 4) is 16.6 Å². The molecule has 0 radical (unpaired) electrons. The molecule has 0 aromatic carbocycles. The summed E-state index contributed by atoms with van der Waals surface area (Å²) >= 11 is 6.75. The molecule has 3 rings (SSSR count). The van der Waals surface area contributed by atoms with Crippen LogP contribution in [0, 0.1) is 11.3 Å². The van der Waals surface area contributed by atoms with E-state index < -0.39 is 0 Å². The number of hydrogen-bond donors (Lipinski definition) is 0. The lowest BCUT2D eigenvalue weighted by molar-refractivity contribution is 0.323. The van der Waals surface area contributed by atoms with Gasteiger partial charge in [0.15, 0.2) is 0 Å². The summed E-state index contributed by atoms with van der Waals surface area (Å²) in [5.41, 5.74) is 0.722. The van der Waals surface area contributed by atoms with Crippen molar-refractivity contribution in [1.29, 1.82) is 5.26 Å². The molecule has 1 fully saturated rings. The first-order valence-electron chi connectivity index (χ1n) is 5.36. The minimum atomic E-state index is -0.280. The van der Waals surface area contributed by atoms with Crippen molar-refractivity contribution >= 4 is 38.6 Å². The van der Waals surface area contributed by atoms with Crippen molar-refractivity contribution in [2.45, 2.75) is 24.7 Å². The SMILES string of the molecule is N#CC1(c2nc(-c3ccc(Br)s3)cs2)CCC1. The summed E-state index contributed by atoms with van der Waals surface area (Å²) < 4.78 is 1.11. The summed E-state index contributed by atoms with van der Waals surface area (Å²) in [4.78, 5) is 5.80. The fourth-order valence-electron chi connectivity index (χ4n) is 1.96. The number of rotatable bonds is 2. The summed E-state index contributed by atoms with van der Waals surface area (Å²) in [5, 5.41) is 12.3. The number of nitrogens with zero attached hydrogens (tertiary/aromatic N) is 2. The molecule has 2 aromatic heterocycles. The van der Waals surface area contributed by atoms with Gasteiger partial charge in [-0.15, -0.1) is 22.7 Å². The first kappa shape index (κ1) is 11.4. The molecule has 0 atom stereocenters. The standard InChI is InChI=1S/C12H9BrN2S2/c13-10-3-2-9(17-10)8-6-16-11(15-8)12(7-14)4-1-5-12/h2-3,6H,1,4-5H2. The van der Waals surface area contributed by atoms with Crippen LogP contribution in [0.15, 0.2) is 21.3 Å². The molecule has 0 aliphatic heterocycles. The second kappa shape index (κ2) is 4.20. The highest BCUT2D eigenvalue weighted by atomic mass is 79.9. The molecule has 5 heteroatoms. The third-order valence-corrected chi connectivity index (χ3v) is 5.85. The number of nitriles is 1. The molecule has 0 saturated heterocycles. The average Bonchev–Trinajstić information content (AvgIpc) is 2.86. The second-order valence-corrected chi connectivity index (χ2v) is 7.51. The maximum atomic E-state index is 9.29. The minimum absolute atomic E-state index is 0.280. The van der Waals surface area contributed by atoms with Gasteiger partial charge in [-0.05, 0) is 47.3 Å². The molecule has 2 heterocycles. The zero-order valence-corrected chi connectivity index (χ0v) is 12.2. The van der Waals surface area contributed by atoms with Gasteiger partial charge in [0.05, 0.1) is 20.4 Å². The zero-order valence-electron chi connectivity index (χ0n) is 8.94. The molecule has 0 spiro atoms. The Morgan fingerprint density at radius 1 is 1.41 bits per heavy atom. The van der Waals surface area contributed by atoms with Crippen LogP contribution >= 0.6 is 38.6 Å². The lowest BCUT2D eigenvalue weighted by Gasteiger charge is -2.32. The third-order valence-electron chi connectivity index (χ3n) is 3.16. The molecule has 0 amide bonds. The Balaban J connectivity index is 1.96. The summed E-state index contributed by atoms with van der Waals surface area (Å²) in [7, 11) is 0. The van der Waals surface area contributed by atoms with Gasteiger partial charge in [-0.2, -0.15) is 5.26 Å². The number of halogens is 1. The molecule has 86 valence electrons. The van der Waals surface area contributed by atoms with Crippen molar-refractivity contribution in [2.24, 2.45) is 0 Å². The van der Waals surface area contributed by atoms with Gasteiger partial charge in [-0.25, -0.2) is 4.98 Å². The molecule has 1 saturated carbocycles. The Morgan fingerprint density at radius 2 is 2.24 bits per heavy atom. The van der Waals surface area contributed by atoms with E-state index in [1.165, 1.54) is 0 Å². The minimum Gasteiger partial charge on any atom is -0.239 e. The van der Waals surface area contributed by atoms with Crippen LogP contribution in [0.4, 0.5) is 0 Å². The predicted octanol–water partition coefficient (Wildman–Crippen LogP) is 4.58. The molecular weight excluding hydrogens is 316 g/mol. The van der Waals surface area contributed by atoms with Crippen molar-refractivity contribution in [3.05, 3.63) is 26.3 Å². The molecule has 1 aliphatic carbocycles. The van der Waals surface area contributed by atoms with Gasteiger partial charge in [0.25, 0.3) is 0 Å². The Hall–Kier alpha value is -0.700. The summed E-state index contributed by atoms with van der Waals surface area (Å²) in [6.45, 7) is 0. The summed E-state index contributed by atoms with van der Waals surface area (Å²) in [5.74, 6) is 0. The maximum Gasteiger partial charge on any atom is 0.114 e. The number of hydrogen-bond acceptors (Lipinski definition) is 4. The maximum absolute atomic E-state index is 9.29. The van der Waals surface area contributed by atoms with Gasteiger partial charge in [-0.1, -0.05) is 0 Å². The van der Waals surface area contributed by atoms with E-state index in [-0.39, 0.29) is 5.41 Å². The van der Waals surface area contributed by atoms with E-state index in [0.717, 1.165) is 38.6 Å². The summed E-state index contributed by atoms with van der Waals surface area (Å²) in [6, 6.07) is 6.54. The van der Waals surface area contributed by atoms with Crippen LogP contribution < -0.4 is 0 Å². The van der Waals surface area contributed by atoms with E-state index >= 15 is 0 Å². The first-order chi connectivity index (χ1) is 8.23. The topological polar surface area (TPSA) is 36.7 Å². The van der Waals surface area contributed by atoms with Gasteiger partial charge in [0.1, 0.15) is 10.4 Å². The smallest absolute Gasteiger partial charge is 0.114 e. The van der Waals surface area contributed by atoms with Gasteiger partial charge >= 0.3 is 0 Å². The summed E-state index contributed by atoms with van der Waals surface area (Å²) in [6.07, 6.45) is 3.07. The molecule has 2 nitrogen and oxygen atoms in total. The van der Waals surface area contributed by atoms with E-state index in [9.17, 15) is 5.26 Å². The molecule has 1 aliphatic rings. The first-order valence-corrected chi connectivity index (χ1v) is 7.85. The largest absolute Gasteiger partial charge is 0.239 e. The zero-order chi connectivity index (χ0) is 11.9. The number of aromatic nitrogens is 1. The fourth-order valence-corrected chi connectivity index (χ4v) is 4.41. The quantitative estimate of drug-likeness (QED) is 0.810. The monoisotopic (exact) mass is 324 g/mol. The van der Waals surface area contributed by atoms with Crippen LogP contribution in [-0.4, -0.2) is 4.98 Å². The van der Waals surface area contributed by atoms with Crippen LogP contribution in [0.1, 0.15) is 24.3 Å². The van der Waals surface area contributed by atoms with E-state index in [2.05, 4.69) is 38.4 Å². The van der Waals surface area contributed by atoms with Crippen molar-refractivity contribution in [1.82, 2.24) is 4.98 Å². The molecule has 0 unspecified atom stereocenters. The normalized spacial score (nSPS) is 17.4. The molecule has 0 N–H and O–H groups in total. The number of thiazole rings is 1. The Kier molecular flexibility index (Phi) is 2.81. The molecule has 2 aromatic rings. The average molecular weight is 325 g/mol. The van der Waals surface area contributed by atoms with Crippen LogP contribution in [0.3, 0.4) is 0 Å².